The summed E-state index contributed by atoms with van der Waals surface area (Å²) in [6.07, 6.45) is 1.40. The van der Waals surface area contributed by atoms with Gasteiger partial charge in [-0.2, -0.15) is 4.98 Å². The van der Waals surface area contributed by atoms with E-state index < -0.39 is 21.5 Å². The topological polar surface area (TPSA) is 83.4 Å². The van der Waals surface area contributed by atoms with E-state index in [0.29, 0.717) is 5.95 Å². The van der Waals surface area contributed by atoms with Crippen LogP contribution in [0.25, 0.3) is 5.69 Å². The fraction of sp³-hybridized carbons (Fsp3) is 0.364. The molecule has 0 radical (unpaired) electrons. The van der Waals surface area contributed by atoms with Crippen LogP contribution in [0.5, 0.6) is 0 Å². The van der Waals surface area contributed by atoms with Gasteiger partial charge in [0.2, 0.25) is 5.95 Å². The number of hydrogen-bond donors (Lipinski definition) is 1. The van der Waals surface area contributed by atoms with E-state index in [1.54, 1.807) is 0 Å². The number of anilines is 3. The Hall–Kier alpha value is -3.05. The van der Waals surface area contributed by atoms with Crippen molar-refractivity contribution in [1.82, 2.24) is 19.7 Å². The number of hydrogen-bond acceptors (Lipinski definition) is 7. The highest BCUT2D eigenvalue weighted by molar-refractivity contribution is 7.92. The predicted molar refractivity (Wildman–Crippen MR) is 122 cm³/mol. The molecule has 0 atom stereocenters. The second-order valence-electron chi connectivity index (χ2n) is 8.58. The molecule has 2 aliphatic heterocycles. The van der Waals surface area contributed by atoms with E-state index >= 15 is 0 Å². The lowest BCUT2D eigenvalue weighted by Gasteiger charge is -2.43. The summed E-state index contributed by atoms with van der Waals surface area (Å²) >= 11 is 0. The number of benzene rings is 2. The molecule has 0 amide bonds. The maximum atomic E-state index is 13.5. The van der Waals surface area contributed by atoms with Crippen LogP contribution in [0.4, 0.5) is 26.1 Å². The first-order valence-electron chi connectivity index (χ1n) is 10.7. The minimum atomic E-state index is -2.82. The van der Waals surface area contributed by atoms with Gasteiger partial charge < -0.3 is 10.2 Å². The van der Waals surface area contributed by atoms with Crippen molar-refractivity contribution in [3.63, 3.8) is 0 Å². The lowest BCUT2D eigenvalue weighted by Crippen LogP contribution is -2.59. The van der Waals surface area contributed by atoms with Gasteiger partial charge in [-0.3, -0.25) is 4.90 Å². The number of halogens is 2. The number of nitrogens with zero attached hydrogens (tertiary/aromatic N) is 5. The molecule has 33 heavy (non-hydrogen) atoms. The molecule has 1 aromatic heterocycles. The number of aryl methyl sites for hydroxylation is 1. The molecule has 1 N–H and O–H groups in total. The van der Waals surface area contributed by atoms with Crippen molar-refractivity contribution in [1.29, 1.82) is 0 Å². The number of sulfone groups is 1. The summed E-state index contributed by atoms with van der Waals surface area (Å²) < 4.78 is 51.3. The monoisotopic (exact) mass is 474 g/mol. The molecule has 0 unspecified atom stereocenters. The van der Waals surface area contributed by atoms with Gasteiger partial charge in [0.1, 0.15) is 18.0 Å². The molecule has 3 heterocycles. The standard InChI is InChI=1S/C22H24F2N6O2S/c1-15-6-18(26-22-25-14-30(27-22)20-9-16(23)8-17(24)10-20)11-19(7-15)28-2-4-29(5-3-28)21-12-33(31,32)13-21/h6-11,14,21H,2-5,12-13H2,1H3,(H,26,27). The number of piperazine rings is 1. The van der Waals surface area contributed by atoms with Crippen molar-refractivity contribution in [2.45, 2.75) is 13.0 Å². The fourth-order valence-corrected chi connectivity index (χ4v) is 5.85. The molecule has 174 valence electrons. The quantitative estimate of drug-likeness (QED) is 0.608. The average molecular weight is 475 g/mol. The zero-order valence-electron chi connectivity index (χ0n) is 18.1. The molecule has 3 aromatic rings. The molecule has 11 heteroatoms. The SMILES string of the molecule is Cc1cc(Nc2ncn(-c3cc(F)cc(F)c3)n2)cc(N2CCN(C3CS(=O)(=O)C3)CC2)c1. The van der Waals surface area contributed by atoms with Crippen LogP contribution < -0.4 is 10.2 Å². The summed E-state index contributed by atoms with van der Waals surface area (Å²) in [6.45, 7) is 5.29. The van der Waals surface area contributed by atoms with Crippen LogP contribution in [0.15, 0.2) is 42.7 Å². The van der Waals surface area contributed by atoms with Gasteiger partial charge in [0, 0.05) is 49.7 Å². The first-order chi connectivity index (χ1) is 15.7. The van der Waals surface area contributed by atoms with Gasteiger partial charge in [-0.1, -0.05) is 0 Å². The van der Waals surface area contributed by atoms with E-state index in [-0.39, 0.29) is 23.2 Å². The molecule has 2 aromatic carbocycles. The molecular formula is C22H24F2N6O2S. The second-order valence-corrected chi connectivity index (χ2v) is 10.7. The van der Waals surface area contributed by atoms with Gasteiger partial charge >= 0.3 is 0 Å². The summed E-state index contributed by atoms with van der Waals surface area (Å²) in [5.41, 5.74) is 3.18. The third kappa shape index (κ3) is 4.83. The number of nitrogens with one attached hydrogen (secondary N) is 1. The lowest BCUT2D eigenvalue weighted by atomic mass is 10.1. The Morgan fingerprint density at radius 2 is 1.64 bits per heavy atom. The van der Waals surface area contributed by atoms with Gasteiger partial charge in [-0.05, 0) is 42.8 Å². The first kappa shape index (κ1) is 21.8. The average Bonchev–Trinajstić information content (AvgIpc) is 3.19. The van der Waals surface area contributed by atoms with Gasteiger partial charge in [0.15, 0.2) is 9.84 Å². The van der Waals surface area contributed by atoms with Crippen molar-refractivity contribution in [3.05, 3.63) is 59.9 Å². The van der Waals surface area contributed by atoms with Gasteiger partial charge in [-0.25, -0.2) is 21.9 Å². The van der Waals surface area contributed by atoms with E-state index in [2.05, 4.69) is 31.3 Å². The molecule has 8 nitrogen and oxygen atoms in total. The van der Waals surface area contributed by atoms with Crippen LogP contribution in [-0.4, -0.2) is 71.8 Å². The summed E-state index contributed by atoms with van der Waals surface area (Å²) in [5, 5.41) is 7.44. The minimum Gasteiger partial charge on any atom is -0.369 e. The molecular weight excluding hydrogens is 450 g/mol. The highest BCUT2D eigenvalue weighted by Crippen LogP contribution is 2.27. The Balaban J connectivity index is 1.26. The summed E-state index contributed by atoms with van der Waals surface area (Å²) in [7, 11) is -2.82. The van der Waals surface area contributed by atoms with Gasteiger partial charge in [0.05, 0.1) is 17.2 Å². The smallest absolute Gasteiger partial charge is 0.246 e. The van der Waals surface area contributed by atoms with E-state index in [1.165, 1.54) is 23.1 Å². The molecule has 0 saturated carbocycles. The fourth-order valence-electron chi connectivity index (χ4n) is 4.36. The van der Waals surface area contributed by atoms with Crippen molar-refractivity contribution >= 4 is 27.2 Å². The third-order valence-corrected chi connectivity index (χ3v) is 7.80. The maximum absolute atomic E-state index is 13.5. The molecule has 5 rings (SSSR count). The van der Waals surface area contributed by atoms with Crippen LogP contribution in [0.2, 0.25) is 0 Å². The van der Waals surface area contributed by atoms with E-state index in [4.69, 9.17) is 0 Å². The molecule has 2 fully saturated rings. The van der Waals surface area contributed by atoms with Crippen molar-refractivity contribution < 1.29 is 17.2 Å². The normalized spacial score (nSPS) is 18.8. The largest absolute Gasteiger partial charge is 0.369 e. The van der Waals surface area contributed by atoms with E-state index in [1.807, 2.05) is 19.1 Å². The second kappa shape index (κ2) is 8.38. The molecule has 2 saturated heterocycles. The van der Waals surface area contributed by atoms with Crippen molar-refractivity contribution in [3.8, 4) is 5.69 Å². The van der Waals surface area contributed by atoms with Crippen molar-refractivity contribution in [2.24, 2.45) is 0 Å². The Morgan fingerprint density at radius 3 is 2.30 bits per heavy atom. The van der Waals surface area contributed by atoms with Gasteiger partial charge in [0.25, 0.3) is 0 Å². The summed E-state index contributed by atoms with van der Waals surface area (Å²) in [5.74, 6) is -0.511. The van der Waals surface area contributed by atoms with E-state index in [0.717, 1.165) is 49.2 Å². The van der Waals surface area contributed by atoms with Crippen LogP contribution in [0.1, 0.15) is 5.56 Å². The zero-order valence-corrected chi connectivity index (χ0v) is 18.9. The molecule has 0 spiro atoms. The Kier molecular flexibility index (Phi) is 5.53. The summed E-state index contributed by atoms with van der Waals surface area (Å²) in [6, 6.07) is 9.42. The minimum absolute atomic E-state index is 0.152. The van der Waals surface area contributed by atoms with Crippen LogP contribution in [0.3, 0.4) is 0 Å². The Morgan fingerprint density at radius 1 is 0.939 bits per heavy atom. The van der Waals surface area contributed by atoms with Gasteiger partial charge in [-0.15, -0.1) is 5.10 Å². The summed E-state index contributed by atoms with van der Waals surface area (Å²) in [4.78, 5) is 8.75. The van der Waals surface area contributed by atoms with Crippen LogP contribution in [-0.2, 0) is 9.84 Å². The highest BCUT2D eigenvalue weighted by Gasteiger charge is 2.38. The van der Waals surface area contributed by atoms with Crippen LogP contribution in [0, 0.1) is 18.6 Å². The molecule has 2 aliphatic rings. The lowest BCUT2D eigenvalue weighted by molar-refractivity contribution is 0.202. The molecule has 0 bridgehead atoms. The Labute approximate surface area is 190 Å². The molecule has 0 aliphatic carbocycles. The zero-order chi connectivity index (χ0) is 23.2. The highest BCUT2D eigenvalue weighted by atomic mass is 32.2. The number of rotatable bonds is 5. The maximum Gasteiger partial charge on any atom is 0.246 e. The first-order valence-corrected chi connectivity index (χ1v) is 12.5. The predicted octanol–water partition coefficient (Wildman–Crippen LogP) is 2.52. The Bertz CT molecular complexity index is 1260. The van der Waals surface area contributed by atoms with Crippen molar-refractivity contribution in [2.75, 3.05) is 47.9 Å². The van der Waals surface area contributed by atoms with E-state index in [9.17, 15) is 17.2 Å². The number of aromatic nitrogens is 3. The van der Waals surface area contributed by atoms with Crippen LogP contribution >= 0.6 is 0 Å². The third-order valence-electron chi connectivity index (χ3n) is 6.01.